The van der Waals surface area contributed by atoms with Gasteiger partial charge in [-0.15, -0.1) is 0 Å². The summed E-state index contributed by atoms with van der Waals surface area (Å²) in [5.41, 5.74) is 0.444. The summed E-state index contributed by atoms with van der Waals surface area (Å²) in [5, 5.41) is 5.75. The maximum absolute atomic E-state index is 11.7. The Balaban J connectivity index is 2.64. The van der Waals surface area contributed by atoms with Crippen LogP contribution in [0.1, 0.15) is 16.8 Å². The first-order valence-corrected chi connectivity index (χ1v) is 7.46. The first kappa shape index (κ1) is 15.6. The van der Waals surface area contributed by atoms with Gasteiger partial charge in [-0.25, -0.2) is 13.1 Å². The van der Waals surface area contributed by atoms with E-state index in [4.69, 9.17) is 0 Å². The number of rotatable bonds is 7. The number of benzene rings is 1. The van der Waals surface area contributed by atoms with Crippen molar-refractivity contribution in [2.45, 2.75) is 11.3 Å². The number of amides is 1. The molecular formula is C12H19N3O3S. The molecule has 0 spiro atoms. The van der Waals surface area contributed by atoms with Crippen LogP contribution in [-0.2, 0) is 10.0 Å². The van der Waals surface area contributed by atoms with Crippen molar-refractivity contribution in [2.75, 3.05) is 27.2 Å². The number of nitrogens with one attached hydrogen (secondary N) is 3. The summed E-state index contributed by atoms with van der Waals surface area (Å²) in [5.74, 6) is -0.204. The third kappa shape index (κ3) is 4.62. The van der Waals surface area contributed by atoms with E-state index in [1.165, 1.54) is 31.3 Å². The van der Waals surface area contributed by atoms with E-state index in [0.717, 1.165) is 13.0 Å². The summed E-state index contributed by atoms with van der Waals surface area (Å²) >= 11 is 0. The van der Waals surface area contributed by atoms with Gasteiger partial charge in [-0.05, 0) is 51.3 Å². The van der Waals surface area contributed by atoms with Crippen molar-refractivity contribution in [1.29, 1.82) is 0 Å². The Labute approximate surface area is 113 Å². The van der Waals surface area contributed by atoms with E-state index >= 15 is 0 Å². The van der Waals surface area contributed by atoms with Crippen LogP contribution in [-0.4, -0.2) is 41.5 Å². The van der Waals surface area contributed by atoms with Crippen molar-refractivity contribution < 1.29 is 13.2 Å². The minimum Gasteiger partial charge on any atom is -0.352 e. The van der Waals surface area contributed by atoms with Gasteiger partial charge in [0.1, 0.15) is 0 Å². The summed E-state index contributed by atoms with van der Waals surface area (Å²) < 4.78 is 25.2. The van der Waals surface area contributed by atoms with Crippen molar-refractivity contribution in [1.82, 2.24) is 15.4 Å². The average Bonchev–Trinajstić information content (AvgIpc) is 2.43. The molecule has 6 nitrogen and oxygen atoms in total. The molecule has 106 valence electrons. The lowest BCUT2D eigenvalue weighted by atomic mass is 10.2. The zero-order valence-electron chi connectivity index (χ0n) is 11.1. The van der Waals surface area contributed by atoms with Gasteiger partial charge in [0.15, 0.2) is 0 Å². The lowest BCUT2D eigenvalue weighted by Crippen LogP contribution is -2.26. The Kier molecular flexibility index (Phi) is 5.94. The molecule has 0 aliphatic rings. The van der Waals surface area contributed by atoms with Gasteiger partial charge in [0.05, 0.1) is 4.90 Å². The monoisotopic (exact) mass is 285 g/mol. The van der Waals surface area contributed by atoms with Crippen LogP contribution in [0.4, 0.5) is 0 Å². The Hall–Kier alpha value is -1.44. The Morgan fingerprint density at radius 1 is 1.11 bits per heavy atom. The first-order valence-electron chi connectivity index (χ1n) is 5.97. The quantitative estimate of drug-likeness (QED) is 0.612. The van der Waals surface area contributed by atoms with Gasteiger partial charge in [-0.3, -0.25) is 4.79 Å². The first-order chi connectivity index (χ1) is 9.01. The van der Waals surface area contributed by atoms with Crippen LogP contribution in [0, 0.1) is 0 Å². The highest BCUT2D eigenvalue weighted by Crippen LogP contribution is 2.09. The summed E-state index contributed by atoms with van der Waals surface area (Å²) in [6.45, 7) is 1.41. The molecule has 1 amide bonds. The van der Waals surface area contributed by atoms with E-state index in [1.807, 2.05) is 7.05 Å². The van der Waals surface area contributed by atoms with E-state index < -0.39 is 10.0 Å². The molecule has 0 radical (unpaired) electrons. The zero-order chi connectivity index (χ0) is 14.3. The number of carbonyl (C=O) groups is 1. The van der Waals surface area contributed by atoms with Crippen LogP contribution in [0.3, 0.4) is 0 Å². The summed E-state index contributed by atoms with van der Waals surface area (Å²) in [6.07, 6.45) is 0.842. The number of hydrogen-bond donors (Lipinski definition) is 3. The van der Waals surface area contributed by atoms with Crippen molar-refractivity contribution >= 4 is 15.9 Å². The van der Waals surface area contributed by atoms with Crippen molar-refractivity contribution in [3.63, 3.8) is 0 Å². The Morgan fingerprint density at radius 3 is 2.26 bits per heavy atom. The standard InChI is InChI=1S/C12H19N3O3S/c1-13-8-3-9-15-12(16)10-4-6-11(7-5-10)19(17,18)14-2/h4-7,13-14H,3,8-9H2,1-2H3,(H,15,16). The minimum atomic E-state index is -3.45. The largest absolute Gasteiger partial charge is 0.352 e. The van der Waals surface area contributed by atoms with E-state index in [-0.39, 0.29) is 10.8 Å². The smallest absolute Gasteiger partial charge is 0.251 e. The molecule has 1 rings (SSSR count). The molecule has 7 heteroatoms. The van der Waals surface area contributed by atoms with Gasteiger partial charge >= 0.3 is 0 Å². The van der Waals surface area contributed by atoms with Gasteiger partial charge in [-0.1, -0.05) is 0 Å². The van der Waals surface area contributed by atoms with Crippen LogP contribution < -0.4 is 15.4 Å². The predicted octanol–water partition coefficient (Wildman–Crippen LogP) is -0.0660. The maximum Gasteiger partial charge on any atom is 0.251 e. The molecule has 1 aromatic carbocycles. The second kappa shape index (κ2) is 7.22. The van der Waals surface area contributed by atoms with E-state index in [1.54, 1.807) is 0 Å². The van der Waals surface area contributed by atoms with Crippen LogP contribution >= 0.6 is 0 Å². The van der Waals surface area contributed by atoms with Gasteiger partial charge < -0.3 is 10.6 Å². The van der Waals surface area contributed by atoms with Crippen molar-refractivity contribution in [2.24, 2.45) is 0 Å². The summed E-state index contributed by atoms with van der Waals surface area (Å²) in [4.78, 5) is 11.9. The van der Waals surface area contributed by atoms with Gasteiger partial charge in [0.2, 0.25) is 10.0 Å². The van der Waals surface area contributed by atoms with E-state index in [9.17, 15) is 13.2 Å². The maximum atomic E-state index is 11.7. The van der Waals surface area contributed by atoms with Gasteiger partial charge in [-0.2, -0.15) is 0 Å². The summed E-state index contributed by atoms with van der Waals surface area (Å²) in [6, 6.07) is 5.82. The highest BCUT2D eigenvalue weighted by atomic mass is 32.2. The third-order valence-corrected chi connectivity index (χ3v) is 4.01. The molecule has 0 atom stereocenters. The molecule has 0 aromatic heterocycles. The fraction of sp³-hybridized carbons (Fsp3) is 0.417. The van der Waals surface area contributed by atoms with Crippen LogP contribution in [0.5, 0.6) is 0 Å². The Bertz CT molecular complexity index is 512. The van der Waals surface area contributed by atoms with Crippen LogP contribution in [0.2, 0.25) is 0 Å². The molecule has 0 aliphatic carbocycles. The molecule has 0 heterocycles. The fourth-order valence-corrected chi connectivity index (χ4v) is 2.20. The van der Waals surface area contributed by atoms with Gasteiger partial charge in [0, 0.05) is 12.1 Å². The third-order valence-electron chi connectivity index (χ3n) is 2.58. The minimum absolute atomic E-state index is 0.140. The number of carbonyl (C=O) groups excluding carboxylic acids is 1. The number of sulfonamides is 1. The second-order valence-corrected chi connectivity index (χ2v) is 5.83. The predicted molar refractivity (Wildman–Crippen MR) is 73.6 cm³/mol. The molecule has 1 aromatic rings. The number of hydrogen-bond acceptors (Lipinski definition) is 4. The lowest BCUT2D eigenvalue weighted by molar-refractivity contribution is 0.0953. The van der Waals surface area contributed by atoms with Crippen LogP contribution in [0.15, 0.2) is 29.2 Å². The fourth-order valence-electron chi connectivity index (χ4n) is 1.47. The molecule has 0 bridgehead atoms. The lowest BCUT2D eigenvalue weighted by Gasteiger charge is -2.06. The molecule has 0 aliphatic heterocycles. The van der Waals surface area contributed by atoms with E-state index in [2.05, 4.69) is 15.4 Å². The second-order valence-electron chi connectivity index (χ2n) is 3.94. The zero-order valence-corrected chi connectivity index (χ0v) is 11.9. The molecule has 0 saturated heterocycles. The molecule has 0 unspecified atom stereocenters. The van der Waals surface area contributed by atoms with Crippen molar-refractivity contribution in [3.8, 4) is 0 Å². The molecule has 0 fully saturated rings. The molecule has 3 N–H and O–H groups in total. The highest BCUT2D eigenvalue weighted by Gasteiger charge is 2.12. The normalized spacial score (nSPS) is 11.3. The van der Waals surface area contributed by atoms with Gasteiger partial charge in [0.25, 0.3) is 5.91 Å². The van der Waals surface area contributed by atoms with Crippen molar-refractivity contribution in [3.05, 3.63) is 29.8 Å². The topological polar surface area (TPSA) is 87.3 Å². The average molecular weight is 285 g/mol. The molecular weight excluding hydrogens is 266 g/mol. The van der Waals surface area contributed by atoms with Crippen LogP contribution in [0.25, 0.3) is 0 Å². The summed E-state index contributed by atoms with van der Waals surface area (Å²) in [7, 11) is -0.260. The highest BCUT2D eigenvalue weighted by molar-refractivity contribution is 7.89. The SMILES string of the molecule is CNCCCNC(=O)c1ccc(S(=O)(=O)NC)cc1. The Morgan fingerprint density at radius 2 is 1.74 bits per heavy atom. The molecule has 0 saturated carbocycles. The molecule has 19 heavy (non-hydrogen) atoms. The van der Waals surface area contributed by atoms with E-state index in [0.29, 0.717) is 12.1 Å².